The molecule has 0 unspecified atom stereocenters. The quantitative estimate of drug-likeness (QED) is 0.873. The third kappa shape index (κ3) is 2.63. The van der Waals surface area contributed by atoms with Crippen molar-refractivity contribution in [3.05, 3.63) is 17.0 Å². The van der Waals surface area contributed by atoms with Gasteiger partial charge in [0, 0.05) is 38.2 Å². The average Bonchev–Trinajstić information content (AvgIpc) is 3.10. The molecule has 2 atom stereocenters. The Balaban J connectivity index is 1.77. The summed E-state index contributed by atoms with van der Waals surface area (Å²) in [6.07, 6.45) is 0.922. The van der Waals surface area contributed by atoms with E-state index in [0.29, 0.717) is 38.5 Å². The van der Waals surface area contributed by atoms with Crippen molar-refractivity contribution in [1.29, 1.82) is 0 Å². The van der Waals surface area contributed by atoms with Gasteiger partial charge in [0.25, 0.3) is 0 Å². The van der Waals surface area contributed by atoms with E-state index in [4.69, 9.17) is 9.26 Å². The molecule has 2 saturated heterocycles. The Morgan fingerprint density at radius 1 is 1.43 bits per heavy atom. The number of carbonyl (C=O) groups excluding carboxylic acids is 2. The van der Waals surface area contributed by atoms with Crippen LogP contribution in [0.25, 0.3) is 0 Å². The number of aryl methyl sites for hydroxylation is 2. The molecule has 3 heterocycles. The SMILES string of the molecule is CNC(=O)[C@]12CCOC[C@H]1CN(C(=O)Cc1c(C)noc1C)C2. The summed E-state index contributed by atoms with van der Waals surface area (Å²) in [5.41, 5.74) is 1.08. The number of hydrogen-bond acceptors (Lipinski definition) is 5. The van der Waals surface area contributed by atoms with Crippen molar-refractivity contribution < 1.29 is 18.8 Å². The van der Waals surface area contributed by atoms with Crippen LogP contribution in [0.5, 0.6) is 0 Å². The molecule has 0 aliphatic carbocycles. The molecular formula is C16H23N3O4. The maximum Gasteiger partial charge on any atom is 0.228 e. The topological polar surface area (TPSA) is 84.7 Å². The molecule has 1 aromatic rings. The Labute approximate surface area is 135 Å². The van der Waals surface area contributed by atoms with Crippen LogP contribution in [0, 0.1) is 25.2 Å². The molecule has 0 radical (unpaired) electrons. The van der Waals surface area contributed by atoms with Gasteiger partial charge in [-0.1, -0.05) is 5.16 Å². The van der Waals surface area contributed by atoms with Gasteiger partial charge in [-0.15, -0.1) is 0 Å². The van der Waals surface area contributed by atoms with Crippen molar-refractivity contribution >= 4 is 11.8 Å². The minimum absolute atomic E-state index is 0.0112. The molecule has 0 saturated carbocycles. The summed E-state index contributed by atoms with van der Waals surface area (Å²) in [5, 5.41) is 6.66. The number of rotatable bonds is 3. The number of amides is 2. The molecule has 0 aromatic carbocycles. The lowest BCUT2D eigenvalue weighted by atomic mass is 9.73. The van der Waals surface area contributed by atoms with E-state index in [1.807, 2.05) is 13.8 Å². The summed E-state index contributed by atoms with van der Waals surface area (Å²) in [6.45, 7) is 5.77. The van der Waals surface area contributed by atoms with Crippen LogP contribution in [0.3, 0.4) is 0 Å². The van der Waals surface area contributed by atoms with Gasteiger partial charge < -0.3 is 19.5 Å². The molecule has 23 heavy (non-hydrogen) atoms. The lowest BCUT2D eigenvalue weighted by molar-refractivity contribution is -0.139. The Kier molecular flexibility index (Phi) is 4.14. The first-order valence-electron chi connectivity index (χ1n) is 7.97. The molecule has 1 aromatic heterocycles. The van der Waals surface area contributed by atoms with Crippen LogP contribution in [-0.2, 0) is 20.7 Å². The van der Waals surface area contributed by atoms with E-state index >= 15 is 0 Å². The van der Waals surface area contributed by atoms with Crippen LogP contribution in [0.1, 0.15) is 23.4 Å². The molecule has 126 valence electrons. The number of fused-ring (bicyclic) bond motifs is 1. The zero-order chi connectivity index (χ0) is 16.6. The Morgan fingerprint density at radius 3 is 2.87 bits per heavy atom. The van der Waals surface area contributed by atoms with Gasteiger partial charge in [-0.25, -0.2) is 0 Å². The Hall–Kier alpha value is -1.89. The Bertz CT molecular complexity index is 607. The predicted molar refractivity (Wildman–Crippen MR) is 81.7 cm³/mol. The van der Waals surface area contributed by atoms with Crippen molar-refractivity contribution in [1.82, 2.24) is 15.4 Å². The van der Waals surface area contributed by atoms with Crippen LogP contribution in [0.2, 0.25) is 0 Å². The fraction of sp³-hybridized carbons (Fsp3) is 0.688. The van der Waals surface area contributed by atoms with Crippen molar-refractivity contribution in [3.63, 3.8) is 0 Å². The third-order valence-corrected chi connectivity index (χ3v) is 5.25. The summed E-state index contributed by atoms with van der Waals surface area (Å²) >= 11 is 0. The largest absolute Gasteiger partial charge is 0.381 e. The summed E-state index contributed by atoms with van der Waals surface area (Å²) in [4.78, 5) is 26.9. The summed E-state index contributed by atoms with van der Waals surface area (Å²) in [6, 6.07) is 0. The van der Waals surface area contributed by atoms with Gasteiger partial charge in [-0.3, -0.25) is 9.59 Å². The second kappa shape index (κ2) is 5.96. The number of ether oxygens (including phenoxy) is 1. The monoisotopic (exact) mass is 321 g/mol. The van der Waals surface area contributed by atoms with Gasteiger partial charge in [-0.2, -0.15) is 0 Å². The van der Waals surface area contributed by atoms with Gasteiger partial charge in [-0.05, 0) is 20.3 Å². The van der Waals surface area contributed by atoms with E-state index in [1.165, 1.54) is 0 Å². The van der Waals surface area contributed by atoms with Crippen LogP contribution in [0.15, 0.2) is 4.52 Å². The first kappa shape index (κ1) is 16.0. The minimum atomic E-state index is -0.513. The molecule has 1 N–H and O–H groups in total. The molecule has 0 spiro atoms. The van der Waals surface area contributed by atoms with E-state index in [1.54, 1.807) is 11.9 Å². The van der Waals surface area contributed by atoms with Gasteiger partial charge in [0.05, 0.1) is 24.1 Å². The van der Waals surface area contributed by atoms with Crippen molar-refractivity contribution in [3.8, 4) is 0 Å². The number of nitrogens with one attached hydrogen (secondary N) is 1. The molecule has 7 nitrogen and oxygen atoms in total. The maximum absolute atomic E-state index is 12.7. The van der Waals surface area contributed by atoms with Gasteiger partial charge >= 0.3 is 0 Å². The summed E-state index contributed by atoms with van der Waals surface area (Å²) < 4.78 is 10.7. The Morgan fingerprint density at radius 2 is 2.22 bits per heavy atom. The lowest BCUT2D eigenvalue weighted by Gasteiger charge is -2.36. The van der Waals surface area contributed by atoms with E-state index in [0.717, 1.165) is 11.3 Å². The molecule has 7 heteroatoms. The first-order chi connectivity index (χ1) is 11.0. The van der Waals surface area contributed by atoms with Crippen molar-refractivity contribution in [2.75, 3.05) is 33.4 Å². The van der Waals surface area contributed by atoms with E-state index in [2.05, 4.69) is 10.5 Å². The van der Waals surface area contributed by atoms with Crippen LogP contribution in [0.4, 0.5) is 0 Å². The highest BCUT2D eigenvalue weighted by Gasteiger charge is 2.54. The highest BCUT2D eigenvalue weighted by atomic mass is 16.5. The second-order valence-corrected chi connectivity index (χ2v) is 6.51. The van der Waals surface area contributed by atoms with Crippen LogP contribution < -0.4 is 5.32 Å². The highest BCUT2D eigenvalue weighted by molar-refractivity contribution is 5.86. The predicted octanol–water partition coefficient (Wildman–Crippen LogP) is 0.445. The van der Waals surface area contributed by atoms with Crippen molar-refractivity contribution in [2.45, 2.75) is 26.7 Å². The highest BCUT2D eigenvalue weighted by Crippen LogP contribution is 2.42. The average molecular weight is 321 g/mol. The first-order valence-corrected chi connectivity index (χ1v) is 7.97. The van der Waals surface area contributed by atoms with E-state index in [-0.39, 0.29) is 24.2 Å². The van der Waals surface area contributed by atoms with Gasteiger partial charge in [0.2, 0.25) is 11.8 Å². The summed E-state index contributed by atoms with van der Waals surface area (Å²) in [7, 11) is 1.65. The number of carbonyl (C=O) groups is 2. The number of hydrogen-bond donors (Lipinski definition) is 1. The fourth-order valence-corrected chi connectivity index (χ4v) is 3.78. The molecule has 2 aliphatic rings. The zero-order valence-corrected chi connectivity index (χ0v) is 13.8. The molecule has 3 rings (SSSR count). The fourth-order valence-electron chi connectivity index (χ4n) is 3.78. The van der Waals surface area contributed by atoms with Gasteiger partial charge in [0.15, 0.2) is 0 Å². The third-order valence-electron chi connectivity index (χ3n) is 5.25. The molecule has 2 amide bonds. The summed E-state index contributed by atoms with van der Waals surface area (Å²) in [5.74, 6) is 0.761. The second-order valence-electron chi connectivity index (χ2n) is 6.51. The molecule has 2 fully saturated rings. The van der Waals surface area contributed by atoms with E-state index in [9.17, 15) is 9.59 Å². The lowest BCUT2D eigenvalue weighted by Crippen LogP contribution is -2.49. The minimum Gasteiger partial charge on any atom is -0.381 e. The van der Waals surface area contributed by atoms with Crippen LogP contribution >= 0.6 is 0 Å². The maximum atomic E-state index is 12.7. The smallest absolute Gasteiger partial charge is 0.228 e. The van der Waals surface area contributed by atoms with Crippen LogP contribution in [-0.4, -0.2) is 55.2 Å². The standard InChI is InChI=1S/C16H23N3O4/c1-10-13(11(2)23-18-10)6-14(20)19-7-12-8-22-5-4-16(12,9-19)15(21)17-3/h12H,4-9H2,1-3H3,(H,17,21)/t12-,16+/m1/s1. The van der Waals surface area contributed by atoms with Gasteiger partial charge in [0.1, 0.15) is 5.76 Å². The number of aromatic nitrogens is 1. The van der Waals surface area contributed by atoms with E-state index < -0.39 is 5.41 Å². The number of likely N-dealkylation sites (tertiary alicyclic amines) is 1. The molecular weight excluding hydrogens is 298 g/mol. The molecule has 0 bridgehead atoms. The molecule has 2 aliphatic heterocycles. The number of nitrogens with zero attached hydrogens (tertiary/aromatic N) is 2. The zero-order valence-electron chi connectivity index (χ0n) is 13.8. The normalized spacial score (nSPS) is 26.9. The van der Waals surface area contributed by atoms with Crippen molar-refractivity contribution in [2.24, 2.45) is 11.3 Å².